The predicted molar refractivity (Wildman–Crippen MR) is 78.2 cm³/mol. The minimum atomic E-state index is 0.670. The summed E-state index contributed by atoms with van der Waals surface area (Å²) < 4.78 is 0. The lowest BCUT2D eigenvalue weighted by atomic mass is 9.69. The molecule has 2 fully saturated rings. The first-order valence-electron chi connectivity index (χ1n) is 7.33. The maximum absolute atomic E-state index is 5.27. The number of rotatable bonds is 4. The summed E-state index contributed by atoms with van der Waals surface area (Å²) in [4.78, 5) is 0. The van der Waals surface area contributed by atoms with E-state index in [4.69, 9.17) is 6.42 Å². The molecular weight excluding hydrogens is 218 g/mol. The number of nitrogens with one attached hydrogen (secondary N) is 1. The Balaban J connectivity index is 1.91. The van der Waals surface area contributed by atoms with E-state index < -0.39 is 0 Å². The van der Waals surface area contributed by atoms with Crippen molar-refractivity contribution in [1.29, 1.82) is 0 Å². The molecule has 1 heteroatoms. The van der Waals surface area contributed by atoms with Crippen LogP contribution in [-0.4, -0.2) is 12.1 Å². The maximum atomic E-state index is 5.27. The second kappa shape index (κ2) is 6.81. The van der Waals surface area contributed by atoms with Crippen LogP contribution in [0.1, 0.15) is 44.9 Å². The van der Waals surface area contributed by atoms with Gasteiger partial charge in [0.05, 0.1) is 0 Å². The molecule has 4 atom stereocenters. The SMILES string of the molecule is C#C/C=C\C[C@H]1CCC[C@@H]2N[C@H](CC=C)CC[C@@H]12. The van der Waals surface area contributed by atoms with Gasteiger partial charge in [0.25, 0.3) is 0 Å². The van der Waals surface area contributed by atoms with Gasteiger partial charge in [-0.1, -0.05) is 24.5 Å². The van der Waals surface area contributed by atoms with Gasteiger partial charge >= 0.3 is 0 Å². The van der Waals surface area contributed by atoms with E-state index >= 15 is 0 Å². The van der Waals surface area contributed by atoms with Crippen molar-refractivity contribution in [3.63, 3.8) is 0 Å². The fourth-order valence-corrected chi connectivity index (χ4v) is 3.77. The largest absolute Gasteiger partial charge is 0.311 e. The Morgan fingerprint density at radius 3 is 2.89 bits per heavy atom. The molecule has 1 heterocycles. The molecular formula is C17H25N. The summed E-state index contributed by atoms with van der Waals surface area (Å²) >= 11 is 0. The molecule has 0 bridgehead atoms. The van der Waals surface area contributed by atoms with Crippen molar-refractivity contribution < 1.29 is 0 Å². The van der Waals surface area contributed by atoms with E-state index in [1.54, 1.807) is 0 Å². The van der Waals surface area contributed by atoms with E-state index in [9.17, 15) is 0 Å². The summed E-state index contributed by atoms with van der Waals surface area (Å²) in [6, 6.07) is 1.41. The third kappa shape index (κ3) is 3.27. The van der Waals surface area contributed by atoms with Crippen molar-refractivity contribution in [1.82, 2.24) is 5.32 Å². The van der Waals surface area contributed by atoms with Gasteiger partial charge in [0.1, 0.15) is 0 Å². The summed E-state index contributed by atoms with van der Waals surface area (Å²) in [6.07, 6.45) is 20.4. The van der Waals surface area contributed by atoms with Crippen molar-refractivity contribution in [2.45, 2.75) is 57.0 Å². The maximum Gasteiger partial charge on any atom is 0.0104 e. The van der Waals surface area contributed by atoms with Crippen molar-refractivity contribution in [3.05, 3.63) is 24.8 Å². The fraction of sp³-hybridized carbons (Fsp3) is 0.647. The molecule has 18 heavy (non-hydrogen) atoms. The number of hydrogen-bond acceptors (Lipinski definition) is 1. The summed E-state index contributed by atoms with van der Waals surface area (Å²) in [5.41, 5.74) is 0. The van der Waals surface area contributed by atoms with Crippen LogP contribution in [0.15, 0.2) is 24.8 Å². The van der Waals surface area contributed by atoms with Crippen LogP contribution in [0.25, 0.3) is 0 Å². The van der Waals surface area contributed by atoms with Gasteiger partial charge in [-0.15, -0.1) is 13.0 Å². The van der Waals surface area contributed by atoms with Gasteiger partial charge < -0.3 is 5.32 Å². The zero-order valence-corrected chi connectivity index (χ0v) is 11.3. The first-order chi connectivity index (χ1) is 8.85. The van der Waals surface area contributed by atoms with E-state index in [0.29, 0.717) is 6.04 Å². The second-order valence-corrected chi connectivity index (χ2v) is 5.73. The molecule has 2 rings (SSSR count). The van der Waals surface area contributed by atoms with E-state index in [2.05, 4.69) is 23.9 Å². The normalized spacial score (nSPS) is 35.9. The first-order valence-corrected chi connectivity index (χ1v) is 7.33. The third-order valence-electron chi connectivity index (χ3n) is 4.61. The van der Waals surface area contributed by atoms with E-state index in [0.717, 1.165) is 24.3 Å². The van der Waals surface area contributed by atoms with E-state index in [1.807, 2.05) is 12.2 Å². The van der Waals surface area contributed by atoms with Crippen LogP contribution >= 0.6 is 0 Å². The average Bonchev–Trinajstić information content (AvgIpc) is 2.39. The minimum Gasteiger partial charge on any atom is -0.311 e. The van der Waals surface area contributed by atoms with Crippen LogP contribution in [-0.2, 0) is 0 Å². The molecule has 0 unspecified atom stereocenters. The minimum absolute atomic E-state index is 0.670. The van der Waals surface area contributed by atoms with Gasteiger partial charge in [-0.25, -0.2) is 0 Å². The highest BCUT2D eigenvalue weighted by atomic mass is 15.0. The Morgan fingerprint density at radius 2 is 2.11 bits per heavy atom. The van der Waals surface area contributed by atoms with Gasteiger partial charge in [0, 0.05) is 12.1 Å². The molecule has 1 aliphatic carbocycles. The van der Waals surface area contributed by atoms with Gasteiger partial charge in [0.2, 0.25) is 0 Å². The molecule has 1 aliphatic heterocycles. The number of fused-ring (bicyclic) bond motifs is 1. The molecule has 1 nitrogen and oxygen atoms in total. The molecule has 1 N–H and O–H groups in total. The summed E-state index contributed by atoms with van der Waals surface area (Å²) in [7, 11) is 0. The molecule has 1 saturated heterocycles. The van der Waals surface area contributed by atoms with Crippen LogP contribution < -0.4 is 5.32 Å². The lowest BCUT2D eigenvalue weighted by molar-refractivity contribution is 0.117. The van der Waals surface area contributed by atoms with Crippen LogP contribution in [0.3, 0.4) is 0 Å². The molecule has 0 aromatic rings. The van der Waals surface area contributed by atoms with Crippen LogP contribution in [0.2, 0.25) is 0 Å². The molecule has 1 saturated carbocycles. The van der Waals surface area contributed by atoms with E-state index in [-0.39, 0.29) is 0 Å². The van der Waals surface area contributed by atoms with Crippen molar-refractivity contribution in [2.24, 2.45) is 11.8 Å². The molecule has 0 spiro atoms. The number of piperidine rings is 1. The van der Waals surface area contributed by atoms with Crippen LogP contribution in [0.5, 0.6) is 0 Å². The zero-order chi connectivity index (χ0) is 12.8. The molecule has 0 aromatic heterocycles. The molecule has 98 valence electrons. The molecule has 2 aliphatic rings. The molecule has 0 aromatic carbocycles. The fourth-order valence-electron chi connectivity index (χ4n) is 3.77. The highest BCUT2D eigenvalue weighted by Crippen LogP contribution is 2.39. The summed E-state index contributed by atoms with van der Waals surface area (Å²) in [6.45, 7) is 3.86. The lowest BCUT2D eigenvalue weighted by Crippen LogP contribution is -2.51. The highest BCUT2D eigenvalue weighted by molar-refractivity contribution is 5.09. The summed E-state index contributed by atoms with van der Waals surface area (Å²) in [5.74, 6) is 4.30. The van der Waals surface area contributed by atoms with Crippen molar-refractivity contribution in [2.75, 3.05) is 0 Å². The quantitative estimate of drug-likeness (QED) is 0.586. The lowest BCUT2D eigenvalue weighted by Gasteiger charge is -2.44. The second-order valence-electron chi connectivity index (χ2n) is 5.73. The smallest absolute Gasteiger partial charge is 0.0104 e. The van der Waals surface area contributed by atoms with Gasteiger partial charge in [-0.2, -0.15) is 0 Å². The number of allylic oxidation sites excluding steroid dienone is 2. The van der Waals surface area contributed by atoms with Gasteiger partial charge in [-0.05, 0) is 56.4 Å². The monoisotopic (exact) mass is 243 g/mol. The van der Waals surface area contributed by atoms with Crippen molar-refractivity contribution in [3.8, 4) is 12.3 Å². The Morgan fingerprint density at radius 1 is 1.22 bits per heavy atom. The number of hydrogen-bond donors (Lipinski definition) is 1. The molecule has 0 amide bonds. The van der Waals surface area contributed by atoms with Gasteiger partial charge in [0.15, 0.2) is 0 Å². The third-order valence-corrected chi connectivity index (χ3v) is 4.61. The van der Waals surface area contributed by atoms with Crippen LogP contribution in [0.4, 0.5) is 0 Å². The molecule has 0 radical (unpaired) electrons. The first kappa shape index (κ1) is 13.4. The Hall–Kier alpha value is -1.00. The van der Waals surface area contributed by atoms with Crippen molar-refractivity contribution >= 4 is 0 Å². The number of terminal acetylenes is 1. The standard InChI is InChI=1S/C17H25N/c1-3-5-6-9-14-10-7-11-17-16(14)13-12-15(18-17)8-4-2/h1,4-6,14-18H,2,7-13H2/b6-5-/t14-,15+,16-,17-/m0/s1. The predicted octanol–water partition coefficient (Wildman–Crippen LogP) is 3.68. The van der Waals surface area contributed by atoms with E-state index in [1.165, 1.54) is 38.5 Å². The topological polar surface area (TPSA) is 12.0 Å². The Bertz CT molecular complexity index is 336. The Labute approximate surface area is 112 Å². The summed E-state index contributed by atoms with van der Waals surface area (Å²) in [5, 5.41) is 3.84. The van der Waals surface area contributed by atoms with Gasteiger partial charge in [-0.3, -0.25) is 0 Å². The zero-order valence-electron chi connectivity index (χ0n) is 11.3. The average molecular weight is 243 g/mol. The van der Waals surface area contributed by atoms with Crippen LogP contribution in [0, 0.1) is 24.2 Å². The Kier molecular flexibility index (Phi) is 5.08. The highest BCUT2D eigenvalue weighted by Gasteiger charge is 2.36.